The monoisotopic (exact) mass is 260 g/mol. The standard InChI is InChI=1S/C10H20N4O2S/c1-11-5-3-9-17(15,16)13-6-4-10-12-7-8-14(10)2/h7-8,11,13H,3-6,9H2,1-2H3. The van der Waals surface area contributed by atoms with Crippen LogP contribution in [0.4, 0.5) is 0 Å². The molecule has 98 valence electrons. The molecule has 0 atom stereocenters. The van der Waals surface area contributed by atoms with Crippen LogP contribution < -0.4 is 10.0 Å². The summed E-state index contributed by atoms with van der Waals surface area (Å²) in [6, 6.07) is 0. The van der Waals surface area contributed by atoms with E-state index in [0.717, 1.165) is 5.82 Å². The molecule has 2 N–H and O–H groups in total. The summed E-state index contributed by atoms with van der Waals surface area (Å²) >= 11 is 0. The molecule has 0 fully saturated rings. The van der Waals surface area contributed by atoms with Gasteiger partial charge in [0, 0.05) is 32.4 Å². The molecule has 0 aromatic carbocycles. The van der Waals surface area contributed by atoms with E-state index in [-0.39, 0.29) is 5.75 Å². The minimum Gasteiger partial charge on any atom is -0.338 e. The maximum Gasteiger partial charge on any atom is 0.211 e. The van der Waals surface area contributed by atoms with E-state index in [9.17, 15) is 8.42 Å². The van der Waals surface area contributed by atoms with Gasteiger partial charge in [-0.25, -0.2) is 18.1 Å². The minimum atomic E-state index is -3.15. The second-order valence-electron chi connectivity index (χ2n) is 3.87. The number of aromatic nitrogens is 2. The molecule has 0 bridgehead atoms. The van der Waals surface area contributed by atoms with Gasteiger partial charge in [0.1, 0.15) is 5.82 Å². The number of nitrogens with zero attached hydrogens (tertiary/aromatic N) is 2. The first-order valence-electron chi connectivity index (χ1n) is 5.63. The zero-order valence-corrected chi connectivity index (χ0v) is 11.1. The van der Waals surface area contributed by atoms with Crippen molar-refractivity contribution in [3.8, 4) is 0 Å². The van der Waals surface area contributed by atoms with E-state index < -0.39 is 10.0 Å². The van der Waals surface area contributed by atoms with Gasteiger partial charge in [-0.2, -0.15) is 0 Å². The van der Waals surface area contributed by atoms with E-state index in [4.69, 9.17) is 0 Å². The number of rotatable bonds is 8. The van der Waals surface area contributed by atoms with E-state index in [2.05, 4.69) is 15.0 Å². The van der Waals surface area contributed by atoms with E-state index in [1.54, 1.807) is 13.2 Å². The van der Waals surface area contributed by atoms with Gasteiger partial charge in [-0.3, -0.25) is 0 Å². The van der Waals surface area contributed by atoms with Crippen LogP contribution in [0.3, 0.4) is 0 Å². The van der Waals surface area contributed by atoms with Crippen LogP contribution in [0.25, 0.3) is 0 Å². The van der Waals surface area contributed by atoms with Crippen LogP contribution in [0.15, 0.2) is 12.4 Å². The Morgan fingerprint density at radius 1 is 1.41 bits per heavy atom. The quantitative estimate of drug-likeness (QED) is 0.617. The topological polar surface area (TPSA) is 76.0 Å². The second-order valence-corrected chi connectivity index (χ2v) is 5.80. The van der Waals surface area contributed by atoms with Gasteiger partial charge in [-0.05, 0) is 20.0 Å². The van der Waals surface area contributed by atoms with Gasteiger partial charge >= 0.3 is 0 Å². The van der Waals surface area contributed by atoms with Crippen LogP contribution in [-0.4, -0.2) is 43.9 Å². The van der Waals surface area contributed by atoms with Crippen LogP contribution in [0.2, 0.25) is 0 Å². The SMILES string of the molecule is CNCCCS(=O)(=O)NCCc1nccn1C. The van der Waals surface area contributed by atoms with Gasteiger partial charge in [0.25, 0.3) is 0 Å². The van der Waals surface area contributed by atoms with Crippen molar-refractivity contribution in [2.45, 2.75) is 12.8 Å². The summed E-state index contributed by atoms with van der Waals surface area (Å²) in [5, 5.41) is 2.92. The number of imidazole rings is 1. The smallest absolute Gasteiger partial charge is 0.211 e. The second kappa shape index (κ2) is 6.73. The molecule has 0 saturated heterocycles. The molecule has 0 saturated carbocycles. The Morgan fingerprint density at radius 2 is 2.18 bits per heavy atom. The zero-order chi connectivity index (χ0) is 12.7. The normalized spacial score (nSPS) is 11.9. The number of sulfonamides is 1. The molecule has 0 aliphatic carbocycles. The Hall–Kier alpha value is -0.920. The number of hydrogen-bond donors (Lipinski definition) is 2. The Morgan fingerprint density at radius 3 is 2.76 bits per heavy atom. The molecule has 1 aromatic rings. The summed E-state index contributed by atoms with van der Waals surface area (Å²) < 4.78 is 27.6. The highest BCUT2D eigenvalue weighted by Crippen LogP contribution is 1.95. The Balaban J connectivity index is 2.28. The molecule has 0 aliphatic heterocycles. The van der Waals surface area contributed by atoms with E-state index >= 15 is 0 Å². The van der Waals surface area contributed by atoms with Gasteiger partial charge in [0.05, 0.1) is 5.75 Å². The van der Waals surface area contributed by atoms with Gasteiger partial charge in [-0.1, -0.05) is 0 Å². The lowest BCUT2D eigenvalue weighted by Crippen LogP contribution is -2.30. The average Bonchev–Trinajstić information content (AvgIpc) is 2.64. The van der Waals surface area contributed by atoms with E-state index in [1.165, 1.54) is 0 Å². The van der Waals surface area contributed by atoms with Crippen molar-refractivity contribution in [2.24, 2.45) is 7.05 Å². The summed E-state index contributed by atoms with van der Waals surface area (Å²) in [6.45, 7) is 1.10. The summed E-state index contributed by atoms with van der Waals surface area (Å²) in [6.07, 6.45) is 4.77. The molecule has 0 aliphatic rings. The first kappa shape index (κ1) is 14.1. The lowest BCUT2D eigenvalue weighted by molar-refractivity contribution is 0.576. The molecule has 17 heavy (non-hydrogen) atoms. The lowest BCUT2D eigenvalue weighted by atomic mass is 10.4. The van der Waals surface area contributed by atoms with Crippen molar-refractivity contribution in [3.63, 3.8) is 0 Å². The Kier molecular flexibility index (Phi) is 5.60. The summed E-state index contributed by atoms with van der Waals surface area (Å²) in [4.78, 5) is 4.13. The maximum atomic E-state index is 11.6. The Bertz CT molecular complexity index is 427. The van der Waals surface area contributed by atoms with Crippen molar-refractivity contribution >= 4 is 10.0 Å². The largest absolute Gasteiger partial charge is 0.338 e. The van der Waals surface area contributed by atoms with Crippen LogP contribution in [-0.2, 0) is 23.5 Å². The predicted molar refractivity (Wildman–Crippen MR) is 67.2 cm³/mol. The molecule has 0 spiro atoms. The fraction of sp³-hybridized carbons (Fsp3) is 0.700. The summed E-state index contributed by atoms with van der Waals surface area (Å²) in [5.41, 5.74) is 0. The molecule has 6 nitrogen and oxygen atoms in total. The predicted octanol–water partition coefficient (Wildman–Crippen LogP) is -0.508. The van der Waals surface area contributed by atoms with Crippen molar-refractivity contribution < 1.29 is 8.42 Å². The first-order valence-corrected chi connectivity index (χ1v) is 7.28. The number of aryl methyl sites for hydroxylation is 1. The fourth-order valence-corrected chi connectivity index (χ4v) is 2.55. The van der Waals surface area contributed by atoms with Gasteiger partial charge < -0.3 is 9.88 Å². The minimum absolute atomic E-state index is 0.161. The zero-order valence-electron chi connectivity index (χ0n) is 10.3. The molecule has 1 aromatic heterocycles. The van der Waals surface area contributed by atoms with Gasteiger partial charge in [0.15, 0.2) is 0 Å². The maximum absolute atomic E-state index is 11.6. The highest BCUT2D eigenvalue weighted by molar-refractivity contribution is 7.89. The van der Waals surface area contributed by atoms with Gasteiger partial charge in [-0.15, -0.1) is 0 Å². The highest BCUT2D eigenvalue weighted by atomic mass is 32.2. The third kappa shape index (κ3) is 5.29. The third-order valence-corrected chi connectivity index (χ3v) is 3.90. The molecule has 7 heteroatoms. The van der Waals surface area contributed by atoms with Crippen molar-refractivity contribution in [1.82, 2.24) is 19.6 Å². The molecule has 1 rings (SSSR count). The summed E-state index contributed by atoms with van der Waals surface area (Å²) in [7, 11) is 0.552. The van der Waals surface area contributed by atoms with Crippen molar-refractivity contribution in [1.29, 1.82) is 0 Å². The molecular weight excluding hydrogens is 240 g/mol. The average molecular weight is 260 g/mol. The molecule has 0 radical (unpaired) electrons. The Labute approximate surface area is 102 Å². The molecule has 0 amide bonds. The van der Waals surface area contributed by atoms with Crippen LogP contribution in [0, 0.1) is 0 Å². The summed E-state index contributed by atoms with van der Waals surface area (Å²) in [5.74, 6) is 1.04. The first-order chi connectivity index (χ1) is 8.05. The van der Waals surface area contributed by atoms with Crippen LogP contribution in [0.1, 0.15) is 12.2 Å². The van der Waals surface area contributed by atoms with Crippen LogP contribution >= 0.6 is 0 Å². The lowest BCUT2D eigenvalue weighted by Gasteiger charge is -2.06. The third-order valence-electron chi connectivity index (χ3n) is 2.43. The van der Waals surface area contributed by atoms with Gasteiger partial charge in [0.2, 0.25) is 10.0 Å². The van der Waals surface area contributed by atoms with E-state index in [0.29, 0.717) is 25.9 Å². The van der Waals surface area contributed by atoms with E-state index in [1.807, 2.05) is 17.8 Å². The fourth-order valence-electron chi connectivity index (χ4n) is 1.47. The number of hydrogen-bond acceptors (Lipinski definition) is 4. The molecule has 0 unspecified atom stereocenters. The molecular formula is C10H20N4O2S. The van der Waals surface area contributed by atoms with Crippen molar-refractivity contribution in [3.05, 3.63) is 18.2 Å². The van der Waals surface area contributed by atoms with Crippen LogP contribution in [0.5, 0.6) is 0 Å². The number of nitrogens with one attached hydrogen (secondary N) is 2. The van der Waals surface area contributed by atoms with Crippen molar-refractivity contribution in [2.75, 3.05) is 25.9 Å². The molecule has 1 heterocycles. The highest BCUT2D eigenvalue weighted by Gasteiger charge is 2.09.